The van der Waals surface area contributed by atoms with Crippen molar-refractivity contribution in [3.05, 3.63) is 58.3 Å². The number of hydrogen-bond acceptors (Lipinski definition) is 2. The van der Waals surface area contributed by atoms with E-state index in [4.69, 9.17) is 0 Å². The number of benzene rings is 1. The summed E-state index contributed by atoms with van der Waals surface area (Å²) in [5.41, 5.74) is 4.30. The van der Waals surface area contributed by atoms with Crippen LogP contribution in [0.3, 0.4) is 0 Å². The maximum absolute atomic E-state index is 3.56. The molecule has 1 aromatic heterocycles. The molecule has 1 N–H and O–H groups in total. The first-order valence-electron chi connectivity index (χ1n) is 7.43. The second-order valence-electron chi connectivity index (χ2n) is 5.35. The summed E-state index contributed by atoms with van der Waals surface area (Å²) in [4.78, 5) is 1.42. The molecule has 3 rings (SSSR count). The molecule has 104 valence electrons. The Hall–Kier alpha value is -1.38. The number of allylic oxidation sites excluding steroid dienone is 1. The highest BCUT2D eigenvalue weighted by atomic mass is 32.1. The molecular weight excluding hydrogens is 262 g/mol. The summed E-state index contributed by atoms with van der Waals surface area (Å²) in [5, 5.41) is 5.82. The van der Waals surface area contributed by atoms with Gasteiger partial charge >= 0.3 is 0 Å². The normalized spacial score (nSPS) is 14.5. The lowest BCUT2D eigenvalue weighted by atomic mass is 10.1. The van der Waals surface area contributed by atoms with Gasteiger partial charge in [0.15, 0.2) is 0 Å². The highest BCUT2D eigenvalue weighted by Crippen LogP contribution is 2.25. The van der Waals surface area contributed by atoms with Crippen molar-refractivity contribution < 1.29 is 0 Å². The molecule has 0 unspecified atom stereocenters. The fraction of sp³-hybridized carbons (Fsp3) is 0.333. The van der Waals surface area contributed by atoms with Crippen LogP contribution in [0.25, 0.3) is 11.1 Å². The lowest BCUT2D eigenvalue weighted by Gasteiger charge is -2.03. The van der Waals surface area contributed by atoms with Gasteiger partial charge in [-0.15, -0.1) is 11.3 Å². The molecule has 0 amide bonds. The molecule has 0 saturated heterocycles. The molecule has 1 heterocycles. The Kier molecular flexibility index (Phi) is 4.67. The van der Waals surface area contributed by atoms with E-state index in [0.717, 1.165) is 13.1 Å². The number of hydrogen-bond donors (Lipinski definition) is 1. The maximum Gasteiger partial charge on any atom is 0.0300 e. The van der Waals surface area contributed by atoms with Crippen LogP contribution in [0.4, 0.5) is 0 Å². The standard InChI is InChI=1S/C18H21NS/c1-2-8-16(9-3-1)17-12-18(20-14-17)13-19-11-10-15-6-4-5-7-15/h1-3,6,8-9,12,14,19H,4-5,7,10-11,13H2. The largest absolute Gasteiger partial charge is 0.312 e. The van der Waals surface area contributed by atoms with E-state index in [2.05, 4.69) is 53.2 Å². The zero-order valence-corrected chi connectivity index (χ0v) is 12.6. The Labute approximate surface area is 125 Å². The van der Waals surface area contributed by atoms with E-state index < -0.39 is 0 Å². The van der Waals surface area contributed by atoms with E-state index >= 15 is 0 Å². The first kappa shape index (κ1) is 13.6. The average molecular weight is 283 g/mol. The average Bonchev–Trinajstić information content (AvgIpc) is 3.16. The van der Waals surface area contributed by atoms with Gasteiger partial charge in [-0.3, -0.25) is 0 Å². The minimum atomic E-state index is 0.991. The molecular formula is C18H21NS. The predicted molar refractivity (Wildman–Crippen MR) is 88.0 cm³/mol. The number of nitrogens with one attached hydrogen (secondary N) is 1. The van der Waals surface area contributed by atoms with Crippen molar-refractivity contribution in [3.63, 3.8) is 0 Å². The minimum absolute atomic E-state index is 0.991. The Balaban J connectivity index is 1.48. The second kappa shape index (κ2) is 6.87. The molecule has 1 aliphatic carbocycles. The van der Waals surface area contributed by atoms with Crippen LogP contribution in [-0.2, 0) is 6.54 Å². The van der Waals surface area contributed by atoms with Crippen LogP contribution in [-0.4, -0.2) is 6.54 Å². The molecule has 0 atom stereocenters. The van der Waals surface area contributed by atoms with E-state index in [1.54, 1.807) is 5.57 Å². The van der Waals surface area contributed by atoms with Gasteiger partial charge in [0.25, 0.3) is 0 Å². The maximum atomic E-state index is 3.56. The molecule has 1 nitrogen and oxygen atoms in total. The summed E-state index contributed by atoms with van der Waals surface area (Å²) in [7, 11) is 0. The van der Waals surface area contributed by atoms with Crippen molar-refractivity contribution in [1.29, 1.82) is 0 Å². The summed E-state index contributed by atoms with van der Waals surface area (Å²) in [6.07, 6.45) is 7.61. The third-order valence-electron chi connectivity index (χ3n) is 3.82. The van der Waals surface area contributed by atoms with E-state index in [1.165, 1.54) is 41.7 Å². The van der Waals surface area contributed by atoms with Gasteiger partial charge in [-0.25, -0.2) is 0 Å². The highest BCUT2D eigenvalue weighted by Gasteiger charge is 2.04. The fourth-order valence-corrected chi connectivity index (χ4v) is 3.54. The first-order valence-corrected chi connectivity index (χ1v) is 8.31. The van der Waals surface area contributed by atoms with Crippen molar-refractivity contribution in [1.82, 2.24) is 5.32 Å². The summed E-state index contributed by atoms with van der Waals surface area (Å²) in [6, 6.07) is 12.9. The molecule has 2 heteroatoms. The van der Waals surface area contributed by atoms with Crippen molar-refractivity contribution >= 4 is 11.3 Å². The molecule has 20 heavy (non-hydrogen) atoms. The Bertz CT molecular complexity index is 568. The van der Waals surface area contributed by atoms with E-state index in [-0.39, 0.29) is 0 Å². The fourth-order valence-electron chi connectivity index (χ4n) is 2.68. The first-order chi connectivity index (χ1) is 9.92. The van der Waals surface area contributed by atoms with Crippen LogP contribution in [0.2, 0.25) is 0 Å². The lowest BCUT2D eigenvalue weighted by Crippen LogP contribution is -2.14. The van der Waals surface area contributed by atoms with Crippen LogP contribution in [0.15, 0.2) is 53.4 Å². The summed E-state index contributed by atoms with van der Waals surface area (Å²) < 4.78 is 0. The molecule has 0 saturated carbocycles. The monoisotopic (exact) mass is 283 g/mol. The quantitative estimate of drug-likeness (QED) is 0.581. The van der Waals surface area contributed by atoms with E-state index in [9.17, 15) is 0 Å². The van der Waals surface area contributed by atoms with Crippen molar-refractivity contribution in [2.45, 2.75) is 32.2 Å². The molecule has 0 spiro atoms. The number of rotatable bonds is 6. The van der Waals surface area contributed by atoms with Gasteiger partial charge in [-0.05, 0) is 54.8 Å². The van der Waals surface area contributed by atoms with Gasteiger partial charge in [-0.2, -0.15) is 0 Å². The highest BCUT2D eigenvalue weighted by molar-refractivity contribution is 7.10. The van der Waals surface area contributed by atoms with Crippen molar-refractivity contribution in [2.75, 3.05) is 6.54 Å². The van der Waals surface area contributed by atoms with Gasteiger partial charge in [-0.1, -0.05) is 42.0 Å². The summed E-state index contributed by atoms with van der Waals surface area (Å²) in [5.74, 6) is 0. The third-order valence-corrected chi connectivity index (χ3v) is 4.75. The zero-order valence-electron chi connectivity index (χ0n) is 11.8. The molecule has 1 aromatic carbocycles. The van der Waals surface area contributed by atoms with Crippen LogP contribution in [0.1, 0.15) is 30.6 Å². The van der Waals surface area contributed by atoms with E-state index in [1.807, 2.05) is 11.3 Å². The Morgan fingerprint density at radius 3 is 2.80 bits per heavy atom. The van der Waals surface area contributed by atoms with Crippen LogP contribution >= 0.6 is 11.3 Å². The Morgan fingerprint density at radius 2 is 2.00 bits per heavy atom. The third kappa shape index (κ3) is 3.59. The number of thiophene rings is 1. The molecule has 0 bridgehead atoms. The van der Waals surface area contributed by atoms with Crippen LogP contribution in [0, 0.1) is 0 Å². The van der Waals surface area contributed by atoms with Gasteiger partial charge < -0.3 is 5.32 Å². The summed E-state index contributed by atoms with van der Waals surface area (Å²) in [6.45, 7) is 2.09. The van der Waals surface area contributed by atoms with E-state index in [0.29, 0.717) is 0 Å². The van der Waals surface area contributed by atoms with Gasteiger partial charge in [0.2, 0.25) is 0 Å². The minimum Gasteiger partial charge on any atom is -0.312 e. The van der Waals surface area contributed by atoms with Crippen LogP contribution in [0.5, 0.6) is 0 Å². The van der Waals surface area contributed by atoms with Crippen molar-refractivity contribution in [2.24, 2.45) is 0 Å². The molecule has 0 aliphatic heterocycles. The summed E-state index contributed by atoms with van der Waals surface area (Å²) >= 11 is 1.85. The second-order valence-corrected chi connectivity index (χ2v) is 6.34. The Morgan fingerprint density at radius 1 is 1.10 bits per heavy atom. The molecule has 0 radical (unpaired) electrons. The lowest BCUT2D eigenvalue weighted by molar-refractivity contribution is 0.682. The van der Waals surface area contributed by atoms with Gasteiger partial charge in [0.1, 0.15) is 0 Å². The van der Waals surface area contributed by atoms with Crippen LogP contribution < -0.4 is 5.32 Å². The zero-order chi connectivity index (χ0) is 13.6. The smallest absolute Gasteiger partial charge is 0.0300 e. The van der Waals surface area contributed by atoms with Gasteiger partial charge in [0.05, 0.1) is 0 Å². The van der Waals surface area contributed by atoms with Crippen molar-refractivity contribution in [3.8, 4) is 11.1 Å². The molecule has 1 aliphatic rings. The SMILES string of the molecule is C1=C(CCNCc2cc(-c3ccccc3)cs2)CCC1. The predicted octanol–water partition coefficient (Wildman–Crippen LogP) is 5.01. The topological polar surface area (TPSA) is 12.0 Å². The molecule has 2 aromatic rings. The van der Waals surface area contributed by atoms with Gasteiger partial charge in [0, 0.05) is 11.4 Å². The molecule has 0 fully saturated rings.